The third kappa shape index (κ3) is 6.22. The van der Waals surface area contributed by atoms with E-state index in [9.17, 15) is 26.4 Å². The van der Waals surface area contributed by atoms with Crippen LogP contribution in [0.3, 0.4) is 0 Å². The second kappa shape index (κ2) is 9.18. The van der Waals surface area contributed by atoms with E-state index in [0.717, 1.165) is 6.07 Å². The molecule has 168 valence electrons. The summed E-state index contributed by atoms with van der Waals surface area (Å²) in [5.74, 6) is -1.12. The number of rotatable bonds is 5. The Hall–Kier alpha value is -3.09. The number of alkyl halides is 3. The molecular weight excluding hydrogens is 496 g/mol. The van der Waals surface area contributed by atoms with Crippen molar-refractivity contribution in [1.82, 2.24) is 14.7 Å². The first kappa shape index (κ1) is 23.6. The van der Waals surface area contributed by atoms with E-state index < -0.39 is 34.2 Å². The van der Waals surface area contributed by atoms with Crippen LogP contribution in [0.25, 0.3) is 11.3 Å². The Balaban J connectivity index is 1.82. The predicted octanol–water partition coefficient (Wildman–Crippen LogP) is 4.91. The number of halogens is 5. The summed E-state index contributed by atoms with van der Waals surface area (Å²) in [6.07, 6.45) is -4.85. The van der Waals surface area contributed by atoms with Gasteiger partial charge in [-0.15, -0.1) is 0 Å². The van der Waals surface area contributed by atoms with Crippen molar-refractivity contribution in [3.05, 3.63) is 70.3 Å². The smallest absolute Gasteiger partial charge is 0.365 e. The summed E-state index contributed by atoms with van der Waals surface area (Å²) in [5, 5.41) is 1.90. The third-order valence-electron chi connectivity index (χ3n) is 3.62. The fraction of sp³-hybridized carbons (Fsp3) is 0.0556. The Bertz CT molecular complexity index is 1260. The van der Waals surface area contributed by atoms with Crippen molar-refractivity contribution in [2.24, 2.45) is 0 Å². The van der Waals surface area contributed by atoms with Crippen molar-refractivity contribution in [1.29, 1.82) is 0 Å². The van der Waals surface area contributed by atoms with E-state index in [1.165, 1.54) is 29.0 Å². The van der Waals surface area contributed by atoms with Crippen LogP contribution in [0.15, 0.2) is 54.6 Å². The molecule has 2 N–H and O–H groups in total. The zero-order chi connectivity index (χ0) is 23.5. The molecule has 0 aliphatic rings. The van der Waals surface area contributed by atoms with Gasteiger partial charge in [-0.05, 0) is 24.3 Å². The zero-order valence-electron chi connectivity index (χ0n) is 15.5. The third-order valence-corrected chi connectivity index (χ3v) is 4.99. The van der Waals surface area contributed by atoms with Crippen molar-refractivity contribution < 1.29 is 30.6 Å². The highest BCUT2D eigenvalue weighted by molar-refractivity contribution is 7.85. The Morgan fingerprint density at radius 1 is 1.00 bits per heavy atom. The Morgan fingerprint density at radius 2 is 1.69 bits per heavy atom. The zero-order valence-corrected chi connectivity index (χ0v) is 17.8. The summed E-state index contributed by atoms with van der Waals surface area (Å²) in [6.45, 7) is 0. The number of carbonyl (C=O) groups is 1. The molecule has 1 heterocycles. The fourth-order valence-corrected chi connectivity index (χ4v) is 3.52. The van der Waals surface area contributed by atoms with Crippen LogP contribution in [0.1, 0.15) is 5.69 Å². The molecule has 2 amide bonds. The lowest BCUT2D eigenvalue weighted by Crippen LogP contribution is -2.37. The van der Waals surface area contributed by atoms with Crippen LogP contribution in [0.2, 0.25) is 10.0 Å². The molecule has 32 heavy (non-hydrogen) atoms. The van der Waals surface area contributed by atoms with Gasteiger partial charge < -0.3 is 4.18 Å². The summed E-state index contributed by atoms with van der Waals surface area (Å²) in [4.78, 5) is 19.1. The van der Waals surface area contributed by atoms with Gasteiger partial charge in [0.15, 0.2) is 11.4 Å². The second-order valence-corrected chi connectivity index (χ2v) is 8.12. The number of nitrogens with one attached hydrogen (secondary N) is 2. The second-order valence-electron chi connectivity index (χ2n) is 5.99. The number of hydrogen-bond donors (Lipinski definition) is 2. The SMILES string of the molecule is O=C(Nc1nc(-c2ccccc2)cc(C(F)(F)F)n1)NS(=O)(=O)Oc1ccc(Cl)cc1Cl. The summed E-state index contributed by atoms with van der Waals surface area (Å²) in [5.41, 5.74) is -1.17. The van der Waals surface area contributed by atoms with Crippen LogP contribution < -0.4 is 14.2 Å². The lowest BCUT2D eigenvalue weighted by molar-refractivity contribution is -0.141. The van der Waals surface area contributed by atoms with E-state index in [-0.39, 0.29) is 21.5 Å². The lowest BCUT2D eigenvalue weighted by Gasteiger charge is -2.12. The van der Waals surface area contributed by atoms with Crippen LogP contribution in [0.5, 0.6) is 5.75 Å². The van der Waals surface area contributed by atoms with E-state index in [1.807, 2.05) is 5.32 Å². The van der Waals surface area contributed by atoms with Crippen LogP contribution in [-0.2, 0) is 16.5 Å². The Labute approximate surface area is 189 Å². The van der Waals surface area contributed by atoms with Crippen LogP contribution >= 0.6 is 23.2 Å². The normalized spacial score (nSPS) is 11.7. The van der Waals surface area contributed by atoms with E-state index in [4.69, 9.17) is 23.2 Å². The predicted molar refractivity (Wildman–Crippen MR) is 111 cm³/mol. The first-order chi connectivity index (χ1) is 14.9. The van der Waals surface area contributed by atoms with E-state index in [1.54, 1.807) is 18.2 Å². The standard InChI is InChI=1S/C18H11Cl2F3N4O4S/c19-11-6-7-14(12(20)8-11)31-32(29,30)27-17(28)26-16-24-13(10-4-2-1-3-5-10)9-15(25-16)18(21,22)23/h1-9H,(H2,24,25,26,27,28). The first-order valence-electron chi connectivity index (χ1n) is 8.43. The molecular formula is C18H11Cl2F3N4O4S. The van der Waals surface area contributed by atoms with Crippen molar-refractivity contribution >= 4 is 45.5 Å². The van der Waals surface area contributed by atoms with Gasteiger partial charge in [0.05, 0.1) is 10.7 Å². The van der Waals surface area contributed by atoms with Crippen LogP contribution in [0.4, 0.5) is 23.9 Å². The maximum absolute atomic E-state index is 13.2. The number of benzene rings is 2. The lowest BCUT2D eigenvalue weighted by atomic mass is 10.1. The molecule has 0 unspecified atom stereocenters. The highest BCUT2D eigenvalue weighted by Crippen LogP contribution is 2.31. The molecule has 0 aliphatic heterocycles. The number of carbonyl (C=O) groups excluding carboxylic acids is 1. The molecule has 0 spiro atoms. The molecule has 8 nitrogen and oxygen atoms in total. The number of hydrogen-bond acceptors (Lipinski definition) is 6. The van der Waals surface area contributed by atoms with Crippen LogP contribution in [0, 0.1) is 0 Å². The molecule has 14 heteroatoms. The van der Waals surface area contributed by atoms with Gasteiger partial charge in [-0.1, -0.05) is 53.5 Å². The quantitative estimate of drug-likeness (QED) is 0.508. The molecule has 3 aromatic rings. The number of anilines is 1. The average Bonchev–Trinajstić information content (AvgIpc) is 2.69. The van der Waals surface area contributed by atoms with Gasteiger partial charge in [-0.25, -0.2) is 19.5 Å². The van der Waals surface area contributed by atoms with Gasteiger partial charge in [0.2, 0.25) is 5.95 Å². The molecule has 0 saturated carbocycles. The number of aromatic nitrogens is 2. The summed E-state index contributed by atoms with van der Waals surface area (Å²) in [6, 6.07) is 10.7. The van der Waals surface area contributed by atoms with Crippen molar-refractivity contribution in [3.63, 3.8) is 0 Å². The van der Waals surface area contributed by atoms with Gasteiger partial charge in [0.25, 0.3) is 0 Å². The topological polar surface area (TPSA) is 110 Å². The molecule has 0 atom stereocenters. The van der Waals surface area contributed by atoms with Gasteiger partial charge in [-0.3, -0.25) is 5.32 Å². The molecule has 3 rings (SSSR count). The minimum Gasteiger partial charge on any atom is -0.365 e. The van der Waals surface area contributed by atoms with Crippen LogP contribution in [-0.4, -0.2) is 24.4 Å². The minimum absolute atomic E-state index is 0.143. The van der Waals surface area contributed by atoms with E-state index in [2.05, 4.69) is 14.2 Å². The van der Waals surface area contributed by atoms with Crippen molar-refractivity contribution in [2.45, 2.75) is 6.18 Å². The number of amides is 2. The molecule has 0 radical (unpaired) electrons. The maximum Gasteiger partial charge on any atom is 0.433 e. The Kier molecular flexibility index (Phi) is 6.77. The summed E-state index contributed by atoms with van der Waals surface area (Å²) >= 11 is 11.5. The van der Waals surface area contributed by atoms with Crippen molar-refractivity contribution in [3.8, 4) is 17.0 Å². The molecule has 0 bridgehead atoms. The van der Waals surface area contributed by atoms with Gasteiger partial charge >= 0.3 is 22.5 Å². The molecule has 0 aliphatic carbocycles. The van der Waals surface area contributed by atoms with Gasteiger partial charge in [-0.2, -0.15) is 21.6 Å². The van der Waals surface area contributed by atoms with Gasteiger partial charge in [0.1, 0.15) is 0 Å². The maximum atomic E-state index is 13.2. The Morgan fingerprint density at radius 3 is 2.31 bits per heavy atom. The fourth-order valence-electron chi connectivity index (χ4n) is 2.33. The monoisotopic (exact) mass is 506 g/mol. The summed E-state index contributed by atoms with van der Waals surface area (Å²) in [7, 11) is -4.76. The molecule has 2 aromatic carbocycles. The molecule has 1 aromatic heterocycles. The molecule has 0 saturated heterocycles. The average molecular weight is 507 g/mol. The van der Waals surface area contributed by atoms with Crippen molar-refractivity contribution in [2.75, 3.05) is 5.32 Å². The van der Waals surface area contributed by atoms with Gasteiger partial charge in [0, 0.05) is 10.6 Å². The first-order valence-corrected chi connectivity index (χ1v) is 10.6. The molecule has 0 fully saturated rings. The highest BCUT2D eigenvalue weighted by atomic mass is 35.5. The highest BCUT2D eigenvalue weighted by Gasteiger charge is 2.34. The van der Waals surface area contributed by atoms with E-state index in [0.29, 0.717) is 11.6 Å². The van der Waals surface area contributed by atoms with E-state index >= 15 is 0 Å². The minimum atomic E-state index is -4.85. The number of urea groups is 1. The largest absolute Gasteiger partial charge is 0.433 e. The summed E-state index contributed by atoms with van der Waals surface area (Å²) < 4.78 is 69.9. The number of nitrogens with zero attached hydrogens (tertiary/aromatic N) is 2.